The average molecular weight is 322 g/mol. The number of carboxylic acid groups (broad SMARTS) is 1. The third-order valence-electron chi connectivity index (χ3n) is 2.14. The molecule has 0 spiro atoms. The predicted molar refractivity (Wildman–Crippen MR) is 66.3 cm³/mol. The lowest BCUT2D eigenvalue weighted by Crippen LogP contribution is -2.38. The van der Waals surface area contributed by atoms with Crippen LogP contribution in [-0.4, -0.2) is 25.5 Å². The maximum atomic E-state index is 11.9. The van der Waals surface area contributed by atoms with Crippen LogP contribution in [0.25, 0.3) is 0 Å². The number of hydrogen-bond acceptors (Lipinski definition) is 3. The molecule has 17 heavy (non-hydrogen) atoms. The number of halogens is 1. The number of benzene rings is 1. The lowest BCUT2D eigenvalue weighted by atomic mass is 10.2. The number of rotatable bonds is 4. The van der Waals surface area contributed by atoms with Crippen LogP contribution in [0.3, 0.4) is 0 Å². The second-order valence-electron chi connectivity index (χ2n) is 3.59. The highest BCUT2D eigenvalue weighted by Crippen LogP contribution is 2.20. The van der Waals surface area contributed by atoms with E-state index in [2.05, 4.69) is 20.7 Å². The van der Waals surface area contributed by atoms with E-state index in [1.54, 1.807) is 19.1 Å². The minimum Gasteiger partial charge on any atom is -0.480 e. The van der Waals surface area contributed by atoms with Gasteiger partial charge in [0, 0.05) is 4.47 Å². The summed E-state index contributed by atoms with van der Waals surface area (Å²) in [5, 5.41) is 8.68. The summed E-state index contributed by atoms with van der Waals surface area (Å²) in [7, 11) is -3.82. The Morgan fingerprint density at radius 1 is 1.47 bits per heavy atom. The second kappa shape index (κ2) is 5.16. The molecule has 0 fully saturated rings. The van der Waals surface area contributed by atoms with Crippen molar-refractivity contribution in [2.75, 3.05) is 0 Å². The molecule has 0 bridgehead atoms. The highest BCUT2D eigenvalue weighted by Gasteiger charge is 2.23. The van der Waals surface area contributed by atoms with Gasteiger partial charge in [-0.2, -0.15) is 4.72 Å². The van der Waals surface area contributed by atoms with Crippen LogP contribution in [-0.2, 0) is 14.8 Å². The Morgan fingerprint density at radius 3 is 2.59 bits per heavy atom. The summed E-state index contributed by atoms with van der Waals surface area (Å²) in [5.74, 6) is -1.22. The second-order valence-corrected chi connectivity index (χ2v) is 6.19. The standard InChI is InChI=1S/C10H12BrNO4S/c1-6-3-4-8(11)5-9(6)17(15,16)12-7(2)10(13)14/h3-5,7,12H,1-2H3,(H,13,14)/t7-/m0/s1. The highest BCUT2D eigenvalue weighted by atomic mass is 79.9. The Kier molecular flexibility index (Phi) is 4.29. The van der Waals surface area contributed by atoms with Gasteiger partial charge in [-0.05, 0) is 31.5 Å². The molecule has 0 aliphatic carbocycles. The van der Waals surface area contributed by atoms with Crippen LogP contribution in [0.15, 0.2) is 27.6 Å². The molecule has 0 radical (unpaired) electrons. The number of aliphatic carboxylic acids is 1. The zero-order chi connectivity index (χ0) is 13.2. The van der Waals surface area contributed by atoms with Crippen LogP contribution >= 0.6 is 15.9 Å². The normalized spacial score (nSPS) is 13.4. The molecule has 0 heterocycles. The highest BCUT2D eigenvalue weighted by molar-refractivity contribution is 9.10. The van der Waals surface area contributed by atoms with Crippen molar-refractivity contribution in [3.8, 4) is 0 Å². The molecule has 94 valence electrons. The van der Waals surface area contributed by atoms with Crippen molar-refractivity contribution in [1.29, 1.82) is 0 Å². The third-order valence-corrected chi connectivity index (χ3v) is 4.32. The van der Waals surface area contributed by atoms with E-state index in [0.29, 0.717) is 10.0 Å². The molecule has 1 rings (SSSR count). The smallest absolute Gasteiger partial charge is 0.321 e. The lowest BCUT2D eigenvalue weighted by Gasteiger charge is -2.12. The Morgan fingerprint density at radius 2 is 2.06 bits per heavy atom. The minimum absolute atomic E-state index is 0.0694. The number of carboxylic acids is 1. The van der Waals surface area contributed by atoms with Gasteiger partial charge in [0.1, 0.15) is 6.04 Å². The molecule has 0 amide bonds. The Labute approximate surface area is 108 Å². The van der Waals surface area contributed by atoms with Crippen molar-refractivity contribution in [3.63, 3.8) is 0 Å². The molecule has 2 N–H and O–H groups in total. The van der Waals surface area contributed by atoms with Crippen molar-refractivity contribution >= 4 is 31.9 Å². The van der Waals surface area contributed by atoms with E-state index in [0.717, 1.165) is 0 Å². The maximum Gasteiger partial charge on any atom is 0.321 e. The quantitative estimate of drug-likeness (QED) is 0.880. The first-order valence-electron chi connectivity index (χ1n) is 4.75. The molecule has 0 unspecified atom stereocenters. The van der Waals surface area contributed by atoms with E-state index in [1.807, 2.05) is 0 Å². The lowest BCUT2D eigenvalue weighted by molar-refractivity contribution is -0.138. The summed E-state index contributed by atoms with van der Waals surface area (Å²) >= 11 is 3.18. The molecular formula is C10H12BrNO4S. The molecule has 0 aromatic heterocycles. The molecule has 1 aromatic rings. The molecule has 7 heteroatoms. The van der Waals surface area contributed by atoms with Crippen molar-refractivity contribution in [2.24, 2.45) is 0 Å². The van der Waals surface area contributed by atoms with Crippen LogP contribution in [0, 0.1) is 6.92 Å². The number of aryl methyl sites for hydroxylation is 1. The summed E-state index contributed by atoms with van der Waals surface area (Å²) in [5.41, 5.74) is 0.554. The van der Waals surface area contributed by atoms with Gasteiger partial charge in [0.05, 0.1) is 4.90 Å². The topological polar surface area (TPSA) is 83.5 Å². The molecule has 0 aliphatic heterocycles. The van der Waals surface area contributed by atoms with Crippen LogP contribution in [0.2, 0.25) is 0 Å². The summed E-state index contributed by atoms with van der Waals surface area (Å²) in [6.45, 7) is 2.92. The molecule has 1 aromatic carbocycles. The first-order valence-corrected chi connectivity index (χ1v) is 7.03. The van der Waals surface area contributed by atoms with Crippen LogP contribution < -0.4 is 4.72 Å². The molecular weight excluding hydrogens is 310 g/mol. The van der Waals surface area contributed by atoms with E-state index in [9.17, 15) is 13.2 Å². The third kappa shape index (κ3) is 3.52. The fourth-order valence-corrected chi connectivity index (χ4v) is 3.19. The summed E-state index contributed by atoms with van der Waals surface area (Å²) in [6.07, 6.45) is 0. The number of hydrogen-bond donors (Lipinski definition) is 2. The fourth-order valence-electron chi connectivity index (χ4n) is 1.21. The van der Waals surface area contributed by atoms with Gasteiger partial charge in [0.15, 0.2) is 0 Å². The first-order chi connectivity index (χ1) is 7.74. The van der Waals surface area contributed by atoms with Gasteiger partial charge < -0.3 is 5.11 Å². The number of carbonyl (C=O) groups is 1. The number of nitrogens with one attached hydrogen (secondary N) is 1. The Hall–Kier alpha value is -0.920. The molecule has 0 aliphatic rings. The molecule has 5 nitrogen and oxygen atoms in total. The van der Waals surface area contributed by atoms with E-state index < -0.39 is 22.0 Å². The zero-order valence-corrected chi connectivity index (χ0v) is 11.7. The number of sulfonamides is 1. The van der Waals surface area contributed by atoms with E-state index in [1.165, 1.54) is 13.0 Å². The molecule has 1 atom stereocenters. The van der Waals surface area contributed by atoms with Crippen molar-refractivity contribution in [2.45, 2.75) is 24.8 Å². The van der Waals surface area contributed by atoms with Gasteiger partial charge in [-0.25, -0.2) is 8.42 Å². The fraction of sp³-hybridized carbons (Fsp3) is 0.300. The van der Waals surface area contributed by atoms with Crippen molar-refractivity contribution in [1.82, 2.24) is 4.72 Å². The first kappa shape index (κ1) is 14.1. The van der Waals surface area contributed by atoms with Gasteiger partial charge in [0.25, 0.3) is 0 Å². The Balaban J connectivity index is 3.13. The van der Waals surface area contributed by atoms with E-state index in [4.69, 9.17) is 5.11 Å². The van der Waals surface area contributed by atoms with Crippen LogP contribution in [0.1, 0.15) is 12.5 Å². The average Bonchev–Trinajstić information content (AvgIpc) is 2.20. The van der Waals surface area contributed by atoms with Gasteiger partial charge in [-0.3, -0.25) is 4.79 Å². The van der Waals surface area contributed by atoms with Crippen molar-refractivity contribution in [3.05, 3.63) is 28.2 Å². The molecule has 0 saturated heterocycles. The summed E-state index contributed by atoms with van der Waals surface area (Å²) in [6, 6.07) is 3.63. The summed E-state index contributed by atoms with van der Waals surface area (Å²) in [4.78, 5) is 10.7. The van der Waals surface area contributed by atoms with Gasteiger partial charge in [-0.15, -0.1) is 0 Å². The van der Waals surface area contributed by atoms with E-state index in [-0.39, 0.29) is 4.90 Å². The van der Waals surface area contributed by atoms with E-state index >= 15 is 0 Å². The summed E-state index contributed by atoms with van der Waals surface area (Å²) < 4.78 is 26.6. The van der Waals surface area contributed by atoms with Gasteiger partial charge in [0.2, 0.25) is 10.0 Å². The van der Waals surface area contributed by atoms with Gasteiger partial charge >= 0.3 is 5.97 Å². The predicted octanol–water partition coefficient (Wildman–Crippen LogP) is 1.51. The van der Waals surface area contributed by atoms with Gasteiger partial charge in [-0.1, -0.05) is 22.0 Å². The zero-order valence-electron chi connectivity index (χ0n) is 9.27. The van der Waals surface area contributed by atoms with Crippen LogP contribution in [0.5, 0.6) is 0 Å². The minimum atomic E-state index is -3.82. The largest absolute Gasteiger partial charge is 0.480 e. The maximum absolute atomic E-state index is 11.9. The SMILES string of the molecule is Cc1ccc(Br)cc1S(=O)(=O)N[C@@H](C)C(=O)O. The van der Waals surface area contributed by atoms with Crippen LogP contribution in [0.4, 0.5) is 0 Å². The molecule has 0 saturated carbocycles. The monoisotopic (exact) mass is 321 g/mol. The van der Waals surface area contributed by atoms with Crippen molar-refractivity contribution < 1.29 is 18.3 Å². The Bertz CT molecular complexity index is 541.